The standard InChI is InChI=1S/C18H23N3O/c19-11-14-5-7-17(8-6-14)20-18(22)13-21-10-9-15-3-1-2-4-16(15)12-21/h5-8,15-16H,1-4,9-10,12-13H2,(H,20,22)/p+1/t15-,16+/m0/s1. The Kier molecular flexibility index (Phi) is 4.74. The summed E-state index contributed by atoms with van der Waals surface area (Å²) in [6, 6.07) is 9.13. The lowest BCUT2D eigenvalue weighted by molar-refractivity contribution is -0.902. The number of nitrogens with one attached hydrogen (secondary N) is 2. The smallest absolute Gasteiger partial charge is 0.279 e. The fraction of sp³-hybridized carbons (Fsp3) is 0.556. The van der Waals surface area contributed by atoms with Crippen molar-refractivity contribution < 1.29 is 9.69 Å². The zero-order chi connectivity index (χ0) is 15.4. The molecule has 2 N–H and O–H groups in total. The van der Waals surface area contributed by atoms with E-state index in [9.17, 15) is 4.79 Å². The summed E-state index contributed by atoms with van der Waals surface area (Å²) in [6.07, 6.45) is 6.80. The Labute approximate surface area is 132 Å². The summed E-state index contributed by atoms with van der Waals surface area (Å²) in [5.41, 5.74) is 1.39. The van der Waals surface area contributed by atoms with Gasteiger partial charge in [-0.25, -0.2) is 0 Å². The van der Waals surface area contributed by atoms with Gasteiger partial charge >= 0.3 is 0 Å². The van der Waals surface area contributed by atoms with Crippen LogP contribution in [0.5, 0.6) is 0 Å². The summed E-state index contributed by atoms with van der Waals surface area (Å²) in [5, 5.41) is 11.7. The van der Waals surface area contributed by atoms with Gasteiger partial charge in [0.05, 0.1) is 24.7 Å². The molecule has 0 aromatic heterocycles. The average molecular weight is 298 g/mol. The summed E-state index contributed by atoms with van der Waals surface area (Å²) < 4.78 is 0. The van der Waals surface area contributed by atoms with Crippen molar-refractivity contribution in [2.24, 2.45) is 11.8 Å². The number of benzene rings is 1. The van der Waals surface area contributed by atoms with E-state index in [1.54, 1.807) is 24.3 Å². The lowest BCUT2D eigenvalue weighted by Gasteiger charge is -2.38. The molecule has 1 aromatic rings. The van der Waals surface area contributed by atoms with E-state index in [0.717, 1.165) is 30.6 Å². The van der Waals surface area contributed by atoms with Gasteiger partial charge in [0.25, 0.3) is 5.91 Å². The number of anilines is 1. The first-order valence-electron chi connectivity index (χ1n) is 8.38. The molecule has 1 amide bonds. The summed E-state index contributed by atoms with van der Waals surface area (Å²) in [7, 11) is 0. The van der Waals surface area contributed by atoms with Crippen molar-refractivity contribution in [3.8, 4) is 6.07 Å². The van der Waals surface area contributed by atoms with E-state index in [2.05, 4.69) is 11.4 Å². The minimum absolute atomic E-state index is 0.0777. The third-order valence-electron chi connectivity index (χ3n) is 5.19. The van der Waals surface area contributed by atoms with Crippen LogP contribution in [0.1, 0.15) is 37.7 Å². The highest BCUT2D eigenvalue weighted by Gasteiger charge is 2.34. The number of amides is 1. The van der Waals surface area contributed by atoms with Crippen molar-refractivity contribution in [2.45, 2.75) is 32.1 Å². The second kappa shape index (κ2) is 6.93. The molecule has 1 aliphatic carbocycles. The Morgan fingerprint density at radius 3 is 2.64 bits per heavy atom. The van der Waals surface area contributed by atoms with E-state index in [-0.39, 0.29) is 5.91 Å². The molecule has 2 aliphatic rings. The SMILES string of the molecule is N#Cc1ccc(NC(=O)C[NH+]2CC[C@@H]3CCCC[C@@H]3C2)cc1. The van der Waals surface area contributed by atoms with E-state index >= 15 is 0 Å². The molecular formula is C18H24N3O+. The van der Waals surface area contributed by atoms with E-state index in [1.807, 2.05) is 0 Å². The Balaban J connectivity index is 1.50. The molecule has 116 valence electrons. The topological polar surface area (TPSA) is 57.3 Å². The van der Waals surface area contributed by atoms with Gasteiger partial charge in [0.15, 0.2) is 6.54 Å². The van der Waals surface area contributed by atoms with Gasteiger partial charge in [0.2, 0.25) is 0 Å². The first kappa shape index (κ1) is 15.1. The van der Waals surface area contributed by atoms with Crippen molar-refractivity contribution in [3.63, 3.8) is 0 Å². The largest absolute Gasteiger partial charge is 0.327 e. The maximum absolute atomic E-state index is 12.2. The molecule has 3 atom stereocenters. The first-order chi connectivity index (χ1) is 10.7. The van der Waals surface area contributed by atoms with Crippen LogP contribution in [0.3, 0.4) is 0 Å². The highest BCUT2D eigenvalue weighted by atomic mass is 16.2. The molecule has 0 bridgehead atoms. The van der Waals surface area contributed by atoms with Crippen molar-refractivity contribution >= 4 is 11.6 Å². The molecular weight excluding hydrogens is 274 g/mol. The Morgan fingerprint density at radius 2 is 1.91 bits per heavy atom. The van der Waals surface area contributed by atoms with Crippen molar-refractivity contribution in [1.82, 2.24) is 0 Å². The number of rotatable bonds is 3. The molecule has 1 heterocycles. The zero-order valence-corrected chi connectivity index (χ0v) is 13.0. The van der Waals surface area contributed by atoms with Gasteiger partial charge in [-0.05, 0) is 49.4 Å². The summed E-state index contributed by atoms with van der Waals surface area (Å²) in [6.45, 7) is 2.84. The molecule has 0 spiro atoms. The molecule has 1 saturated heterocycles. The molecule has 2 fully saturated rings. The number of hydrogen-bond acceptors (Lipinski definition) is 2. The average Bonchev–Trinajstić information content (AvgIpc) is 2.55. The number of piperidine rings is 1. The maximum atomic E-state index is 12.2. The highest BCUT2D eigenvalue weighted by molar-refractivity contribution is 5.91. The van der Waals surface area contributed by atoms with E-state index in [1.165, 1.54) is 37.0 Å². The monoisotopic (exact) mass is 298 g/mol. The van der Waals surface area contributed by atoms with Crippen LogP contribution >= 0.6 is 0 Å². The molecule has 0 radical (unpaired) electrons. The third kappa shape index (κ3) is 3.66. The van der Waals surface area contributed by atoms with Gasteiger partial charge in [0.1, 0.15) is 0 Å². The quantitative estimate of drug-likeness (QED) is 0.890. The normalized spacial score (nSPS) is 27.5. The second-order valence-corrected chi connectivity index (χ2v) is 6.71. The molecule has 3 rings (SSSR count). The van der Waals surface area contributed by atoms with Crippen LogP contribution < -0.4 is 10.2 Å². The van der Waals surface area contributed by atoms with Crippen molar-refractivity contribution in [3.05, 3.63) is 29.8 Å². The highest BCUT2D eigenvalue weighted by Crippen LogP contribution is 2.32. The fourth-order valence-corrected chi connectivity index (χ4v) is 4.02. The molecule has 1 saturated carbocycles. The van der Waals surface area contributed by atoms with Crippen molar-refractivity contribution in [2.75, 3.05) is 25.0 Å². The predicted octanol–water partition coefficient (Wildman–Crippen LogP) is 1.59. The molecule has 4 nitrogen and oxygen atoms in total. The number of fused-ring (bicyclic) bond motifs is 1. The van der Waals surface area contributed by atoms with Crippen LogP contribution in [0.4, 0.5) is 5.69 Å². The van der Waals surface area contributed by atoms with Crippen LogP contribution in [-0.4, -0.2) is 25.5 Å². The Bertz CT molecular complexity index is 561. The second-order valence-electron chi connectivity index (χ2n) is 6.71. The number of nitriles is 1. The maximum Gasteiger partial charge on any atom is 0.279 e. The van der Waals surface area contributed by atoms with E-state index < -0.39 is 0 Å². The van der Waals surface area contributed by atoms with Crippen LogP contribution in [-0.2, 0) is 4.79 Å². The van der Waals surface area contributed by atoms with E-state index in [0.29, 0.717) is 12.1 Å². The summed E-state index contributed by atoms with van der Waals surface area (Å²) in [4.78, 5) is 13.6. The number of nitrogens with zero attached hydrogens (tertiary/aromatic N) is 1. The minimum atomic E-state index is 0.0777. The molecule has 1 aromatic carbocycles. The zero-order valence-electron chi connectivity index (χ0n) is 13.0. The predicted molar refractivity (Wildman–Crippen MR) is 85.4 cm³/mol. The third-order valence-corrected chi connectivity index (χ3v) is 5.19. The Morgan fingerprint density at radius 1 is 1.18 bits per heavy atom. The van der Waals surface area contributed by atoms with Gasteiger partial charge in [-0.1, -0.05) is 12.8 Å². The van der Waals surface area contributed by atoms with Crippen LogP contribution in [0.2, 0.25) is 0 Å². The molecule has 1 aliphatic heterocycles. The molecule has 22 heavy (non-hydrogen) atoms. The Hall–Kier alpha value is -1.86. The number of carbonyl (C=O) groups excluding carboxylic acids is 1. The molecule has 1 unspecified atom stereocenters. The minimum Gasteiger partial charge on any atom is -0.327 e. The number of quaternary nitrogens is 1. The number of likely N-dealkylation sites (tertiary alicyclic amines) is 1. The fourth-order valence-electron chi connectivity index (χ4n) is 4.02. The van der Waals surface area contributed by atoms with Crippen molar-refractivity contribution in [1.29, 1.82) is 5.26 Å². The van der Waals surface area contributed by atoms with Gasteiger partial charge < -0.3 is 10.2 Å². The van der Waals surface area contributed by atoms with E-state index in [4.69, 9.17) is 5.26 Å². The lowest BCUT2D eigenvalue weighted by atomic mass is 9.75. The van der Waals surface area contributed by atoms with Crippen LogP contribution in [0.25, 0.3) is 0 Å². The summed E-state index contributed by atoms with van der Waals surface area (Å²) >= 11 is 0. The summed E-state index contributed by atoms with van der Waals surface area (Å²) in [5.74, 6) is 1.83. The number of hydrogen-bond donors (Lipinski definition) is 2. The van der Waals surface area contributed by atoms with Gasteiger partial charge in [-0.3, -0.25) is 4.79 Å². The van der Waals surface area contributed by atoms with Crippen LogP contribution in [0.15, 0.2) is 24.3 Å². The number of carbonyl (C=O) groups is 1. The van der Waals surface area contributed by atoms with Gasteiger partial charge in [-0.2, -0.15) is 5.26 Å². The van der Waals surface area contributed by atoms with Crippen LogP contribution in [0, 0.1) is 23.2 Å². The molecule has 4 heteroatoms. The van der Waals surface area contributed by atoms with Gasteiger partial charge in [-0.15, -0.1) is 0 Å². The first-order valence-corrected chi connectivity index (χ1v) is 8.38. The lowest BCUT2D eigenvalue weighted by Crippen LogP contribution is -3.15. The van der Waals surface area contributed by atoms with Gasteiger partial charge in [0, 0.05) is 11.6 Å².